The molecule has 1 aliphatic rings. The summed E-state index contributed by atoms with van der Waals surface area (Å²) < 4.78 is 1.42. The van der Waals surface area contributed by atoms with Crippen molar-refractivity contribution in [3.63, 3.8) is 0 Å². The molecule has 0 spiro atoms. The van der Waals surface area contributed by atoms with E-state index >= 15 is 0 Å². The Kier molecular flexibility index (Phi) is 4.28. The van der Waals surface area contributed by atoms with Gasteiger partial charge in [0.05, 0.1) is 12.1 Å². The summed E-state index contributed by atoms with van der Waals surface area (Å²) >= 11 is 0. The van der Waals surface area contributed by atoms with E-state index in [0.717, 1.165) is 25.7 Å². The number of amides is 1. The van der Waals surface area contributed by atoms with E-state index in [0.29, 0.717) is 11.5 Å². The zero-order valence-electron chi connectivity index (χ0n) is 12.1. The molecular weight excluding hydrogens is 256 g/mol. The zero-order chi connectivity index (χ0) is 14.8. The molecular formula is C15H22N2O3. The normalized spacial score (nSPS) is 26.2. The summed E-state index contributed by atoms with van der Waals surface area (Å²) in [6, 6.07) is 2.94. The first-order valence-corrected chi connectivity index (χ1v) is 7.06. The van der Waals surface area contributed by atoms with E-state index in [-0.39, 0.29) is 18.1 Å². The maximum absolute atomic E-state index is 12.3. The van der Waals surface area contributed by atoms with Crippen molar-refractivity contribution in [3.8, 4) is 0 Å². The molecule has 1 heterocycles. The predicted octanol–water partition coefficient (Wildman–Crippen LogP) is 1.06. The molecule has 110 valence electrons. The summed E-state index contributed by atoms with van der Waals surface area (Å²) in [6.45, 7) is 2.13. The molecule has 2 rings (SSSR count). The highest BCUT2D eigenvalue weighted by Crippen LogP contribution is 2.31. The minimum Gasteiger partial charge on any atom is -0.394 e. The number of rotatable bonds is 3. The van der Waals surface area contributed by atoms with Crippen molar-refractivity contribution in [2.24, 2.45) is 13.0 Å². The Balaban J connectivity index is 2.13. The number of carbonyl (C=O) groups is 1. The number of nitrogens with one attached hydrogen (secondary N) is 1. The molecule has 5 heteroatoms. The second kappa shape index (κ2) is 5.79. The van der Waals surface area contributed by atoms with E-state index in [4.69, 9.17) is 0 Å². The van der Waals surface area contributed by atoms with Crippen LogP contribution in [0.5, 0.6) is 0 Å². The molecule has 0 atom stereocenters. The Morgan fingerprint density at radius 3 is 2.70 bits per heavy atom. The Morgan fingerprint density at radius 1 is 1.50 bits per heavy atom. The van der Waals surface area contributed by atoms with Gasteiger partial charge < -0.3 is 15.0 Å². The van der Waals surface area contributed by atoms with E-state index < -0.39 is 5.54 Å². The third kappa shape index (κ3) is 3.10. The molecule has 0 aromatic carbocycles. The van der Waals surface area contributed by atoms with E-state index in [1.54, 1.807) is 19.3 Å². The van der Waals surface area contributed by atoms with Crippen LogP contribution in [0.2, 0.25) is 0 Å². The Bertz CT molecular complexity index is 542. The SMILES string of the molecule is CC1CCC(CO)(NC(=O)c2ccn(C)c(=O)c2)CC1. The average Bonchev–Trinajstić information content (AvgIpc) is 2.44. The van der Waals surface area contributed by atoms with Crippen molar-refractivity contribution < 1.29 is 9.90 Å². The second-order valence-electron chi connectivity index (χ2n) is 5.94. The monoisotopic (exact) mass is 278 g/mol. The lowest BCUT2D eigenvalue weighted by Crippen LogP contribution is -2.53. The summed E-state index contributed by atoms with van der Waals surface area (Å²) in [7, 11) is 1.64. The molecule has 1 aromatic heterocycles. The summed E-state index contributed by atoms with van der Waals surface area (Å²) in [5, 5.41) is 12.6. The van der Waals surface area contributed by atoms with Crippen molar-refractivity contribution in [2.75, 3.05) is 6.61 Å². The van der Waals surface area contributed by atoms with E-state index in [1.807, 2.05) is 0 Å². The van der Waals surface area contributed by atoms with Crippen LogP contribution in [0.25, 0.3) is 0 Å². The quantitative estimate of drug-likeness (QED) is 0.868. The molecule has 1 aromatic rings. The van der Waals surface area contributed by atoms with Gasteiger partial charge in [0.2, 0.25) is 0 Å². The number of aryl methyl sites for hydroxylation is 1. The average molecular weight is 278 g/mol. The summed E-state index contributed by atoms with van der Waals surface area (Å²) in [6.07, 6.45) is 5.13. The van der Waals surface area contributed by atoms with Gasteiger partial charge in [-0.25, -0.2) is 0 Å². The van der Waals surface area contributed by atoms with Crippen molar-refractivity contribution in [1.29, 1.82) is 0 Å². The Labute approximate surface area is 118 Å². The summed E-state index contributed by atoms with van der Waals surface area (Å²) in [5.41, 5.74) is -0.405. The molecule has 1 saturated carbocycles. The highest BCUT2D eigenvalue weighted by molar-refractivity contribution is 5.94. The highest BCUT2D eigenvalue weighted by Gasteiger charge is 2.35. The molecule has 1 aliphatic carbocycles. The number of nitrogens with zero attached hydrogens (tertiary/aromatic N) is 1. The topological polar surface area (TPSA) is 71.3 Å². The molecule has 1 fully saturated rings. The number of aromatic nitrogens is 1. The van der Waals surface area contributed by atoms with Crippen LogP contribution in [0.15, 0.2) is 23.1 Å². The Morgan fingerprint density at radius 2 is 2.15 bits per heavy atom. The fourth-order valence-corrected chi connectivity index (χ4v) is 2.64. The lowest BCUT2D eigenvalue weighted by Gasteiger charge is -2.38. The van der Waals surface area contributed by atoms with E-state index in [2.05, 4.69) is 12.2 Å². The lowest BCUT2D eigenvalue weighted by molar-refractivity contribution is 0.0717. The number of aliphatic hydroxyl groups is 1. The van der Waals surface area contributed by atoms with Crippen molar-refractivity contribution in [1.82, 2.24) is 9.88 Å². The number of hydrogen-bond acceptors (Lipinski definition) is 3. The van der Waals surface area contributed by atoms with Crippen LogP contribution >= 0.6 is 0 Å². The van der Waals surface area contributed by atoms with Crippen molar-refractivity contribution in [2.45, 2.75) is 38.1 Å². The predicted molar refractivity (Wildman–Crippen MR) is 76.6 cm³/mol. The molecule has 5 nitrogen and oxygen atoms in total. The zero-order valence-corrected chi connectivity index (χ0v) is 12.1. The summed E-state index contributed by atoms with van der Waals surface area (Å²) in [5.74, 6) is 0.349. The van der Waals surface area contributed by atoms with Gasteiger partial charge in [0, 0.05) is 24.9 Å². The minimum absolute atomic E-state index is 0.0592. The smallest absolute Gasteiger partial charge is 0.252 e. The van der Waals surface area contributed by atoms with Gasteiger partial charge in [-0.2, -0.15) is 0 Å². The second-order valence-corrected chi connectivity index (χ2v) is 5.94. The van der Waals surface area contributed by atoms with Crippen LogP contribution in [-0.2, 0) is 7.05 Å². The van der Waals surface area contributed by atoms with Crippen LogP contribution < -0.4 is 10.9 Å². The van der Waals surface area contributed by atoms with Gasteiger partial charge in [0.25, 0.3) is 11.5 Å². The van der Waals surface area contributed by atoms with E-state index in [9.17, 15) is 14.7 Å². The summed E-state index contributed by atoms with van der Waals surface area (Å²) in [4.78, 5) is 23.8. The fraction of sp³-hybridized carbons (Fsp3) is 0.600. The number of carbonyl (C=O) groups excluding carboxylic acids is 1. The van der Waals surface area contributed by atoms with Crippen LogP contribution in [0.4, 0.5) is 0 Å². The van der Waals surface area contributed by atoms with Gasteiger partial charge in [0.1, 0.15) is 0 Å². The molecule has 2 N–H and O–H groups in total. The van der Waals surface area contributed by atoms with Crippen LogP contribution in [0, 0.1) is 5.92 Å². The molecule has 20 heavy (non-hydrogen) atoms. The molecule has 0 aliphatic heterocycles. The number of hydrogen-bond donors (Lipinski definition) is 2. The first kappa shape index (κ1) is 14.8. The number of aliphatic hydroxyl groups excluding tert-OH is 1. The third-order valence-electron chi connectivity index (χ3n) is 4.28. The molecule has 0 saturated heterocycles. The van der Waals surface area contributed by atoms with Gasteiger partial charge in [-0.15, -0.1) is 0 Å². The van der Waals surface area contributed by atoms with Gasteiger partial charge in [0.15, 0.2) is 0 Å². The van der Waals surface area contributed by atoms with Crippen LogP contribution in [0.1, 0.15) is 43.0 Å². The maximum atomic E-state index is 12.3. The number of pyridine rings is 1. The lowest BCUT2D eigenvalue weighted by atomic mass is 9.77. The van der Waals surface area contributed by atoms with Gasteiger partial charge >= 0.3 is 0 Å². The maximum Gasteiger partial charge on any atom is 0.252 e. The third-order valence-corrected chi connectivity index (χ3v) is 4.28. The van der Waals surface area contributed by atoms with Gasteiger partial charge in [-0.1, -0.05) is 6.92 Å². The Hall–Kier alpha value is -1.62. The van der Waals surface area contributed by atoms with E-state index in [1.165, 1.54) is 10.6 Å². The molecule has 1 amide bonds. The highest BCUT2D eigenvalue weighted by atomic mass is 16.3. The standard InChI is InChI=1S/C15H22N2O3/c1-11-3-6-15(10-18,7-4-11)16-14(20)12-5-8-17(2)13(19)9-12/h5,8-9,11,18H,3-4,6-7,10H2,1-2H3,(H,16,20). The largest absolute Gasteiger partial charge is 0.394 e. The molecule has 0 unspecified atom stereocenters. The van der Waals surface area contributed by atoms with Crippen molar-refractivity contribution in [3.05, 3.63) is 34.2 Å². The van der Waals surface area contributed by atoms with Gasteiger partial charge in [-0.05, 0) is 37.7 Å². The first-order valence-electron chi connectivity index (χ1n) is 7.06. The van der Waals surface area contributed by atoms with Crippen molar-refractivity contribution >= 4 is 5.91 Å². The van der Waals surface area contributed by atoms with Gasteiger partial charge in [-0.3, -0.25) is 9.59 Å². The fourth-order valence-electron chi connectivity index (χ4n) is 2.64. The van der Waals surface area contributed by atoms with Crippen LogP contribution in [-0.4, -0.2) is 27.7 Å². The van der Waals surface area contributed by atoms with Crippen LogP contribution in [0.3, 0.4) is 0 Å². The molecule has 0 radical (unpaired) electrons. The first-order chi connectivity index (χ1) is 9.46. The molecule has 0 bridgehead atoms. The minimum atomic E-state index is -0.537.